The quantitative estimate of drug-likeness (QED) is 0.747. The van der Waals surface area contributed by atoms with Crippen molar-refractivity contribution in [2.45, 2.75) is 13.3 Å². The number of halogens is 1. The first-order valence-electron chi connectivity index (χ1n) is 5.72. The van der Waals surface area contributed by atoms with Crippen molar-refractivity contribution in [3.63, 3.8) is 0 Å². The topological polar surface area (TPSA) is 0 Å². The molecule has 0 saturated heterocycles. The normalized spacial score (nSPS) is 11.5. The average molecular weight is 287 g/mol. The summed E-state index contributed by atoms with van der Waals surface area (Å²) in [5.74, 6) is 0. The van der Waals surface area contributed by atoms with Gasteiger partial charge in [-0.25, -0.2) is 0 Å². The third-order valence-corrected chi connectivity index (χ3v) is 3.47. The Bertz CT molecular complexity index is 495. The van der Waals surface area contributed by atoms with Crippen molar-refractivity contribution in [2.75, 3.05) is 0 Å². The number of allylic oxidation sites excluding steroid dienone is 1. The van der Waals surface area contributed by atoms with Crippen LogP contribution in [0.5, 0.6) is 0 Å². The Kier molecular flexibility index (Phi) is 4.16. The predicted molar refractivity (Wildman–Crippen MR) is 78.2 cm³/mol. The van der Waals surface area contributed by atoms with Crippen LogP contribution in [0.1, 0.15) is 16.7 Å². The lowest BCUT2D eigenvalue weighted by Gasteiger charge is -2.01. The molecule has 2 aromatic carbocycles. The summed E-state index contributed by atoms with van der Waals surface area (Å²) in [7, 11) is 0. The van der Waals surface area contributed by atoms with E-state index >= 15 is 0 Å². The molecule has 0 unspecified atom stereocenters. The molecule has 0 fully saturated rings. The fraction of sp³-hybridized carbons (Fsp3) is 0.125. The molecular formula is C16H15Br. The van der Waals surface area contributed by atoms with E-state index in [0.717, 1.165) is 10.9 Å². The van der Waals surface area contributed by atoms with Gasteiger partial charge in [0.2, 0.25) is 0 Å². The van der Waals surface area contributed by atoms with Crippen LogP contribution >= 0.6 is 15.9 Å². The molecule has 2 aromatic rings. The summed E-state index contributed by atoms with van der Waals surface area (Å²) in [6, 6.07) is 19.0. The summed E-state index contributed by atoms with van der Waals surface area (Å²) in [6.45, 7) is 2.11. The second-order valence-electron chi connectivity index (χ2n) is 4.11. The number of hydrogen-bond donors (Lipinski definition) is 0. The third kappa shape index (κ3) is 3.57. The first kappa shape index (κ1) is 12.1. The first-order chi connectivity index (χ1) is 8.25. The Hall–Kier alpha value is -1.34. The smallest absolute Gasteiger partial charge is 0.0211 e. The summed E-state index contributed by atoms with van der Waals surface area (Å²) in [5.41, 5.74) is 3.86. The molecular weight excluding hydrogens is 272 g/mol. The van der Waals surface area contributed by atoms with E-state index in [1.807, 2.05) is 6.07 Å². The Morgan fingerprint density at radius 2 is 1.65 bits per heavy atom. The zero-order valence-electron chi connectivity index (χ0n) is 9.86. The standard InChI is InChI=1S/C16H15Br/c1-13-7-9-14(10-8-13)11-12-16(17)15-5-3-2-4-6-15/h2-10,12H,11H2,1H3/b16-12+. The predicted octanol–water partition coefficient (Wildman–Crippen LogP) is 4.97. The highest BCUT2D eigenvalue weighted by Gasteiger charge is 1.96. The van der Waals surface area contributed by atoms with Crippen molar-refractivity contribution in [3.05, 3.63) is 77.4 Å². The van der Waals surface area contributed by atoms with E-state index in [2.05, 4.69) is 77.5 Å². The minimum atomic E-state index is 0.954. The minimum Gasteiger partial charge on any atom is -0.0653 e. The molecule has 0 heterocycles. The molecule has 0 bridgehead atoms. The molecule has 86 valence electrons. The van der Waals surface area contributed by atoms with Crippen LogP contribution in [0.15, 0.2) is 60.7 Å². The summed E-state index contributed by atoms with van der Waals surface area (Å²) < 4.78 is 1.15. The monoisotopic (exact) mass is 286 g/mol. The minimum absolute atomic E-state index is 0.954. The molecule has 0 aliphatic rings. The van der Waals surface area contributed by atoms with Gasteiger partial charge in [0.1, 0.15) is 0 Å². The van der Waals surface area contributed by atoms with Gasteiger partial charge in [-0.1, -0.05) is 82.2 Å². The highest BCUT2D eigenvalue weighted by Crippen LogP contribution is 2.21. The fourth-order valence-electron chi connectivity index (χ4n) is 1.65. The molecule has 0 nitrogen and oxygen atoms in total. The molecule has 2 rings (SSSR count). The van der Waals surface area contributed by atoms with E-state index in [1.54, 1.807) is 0 Å². The van der Waals surface area contributed by atoms with Gasteiger partial charge in [-0.2, -0.15) is 0 Å². The Morgan fingerprint density at radius 1 is 1.00 bits per heavy atom. The van der Waals surface area contributed by atoms with Crippen LogP contribution in [0.3, 0.4) is 0 Å². The molecule has 0 radical (unpaired) electrons. The molecule has 0 saturated carbocycles. The van der Waals surface area contributed by atoms with Gasteiger partial charge in [0.15, 0.2) is 0 Å². The Morgan fingerprint density at radius 3 is 2.29 bits per heavy atom. The van der Waals surface area contributed by atoms with Crippen molar-refractivity contribution >= 4 is 20.4 Å². The van der Waals surface area contributed by atoms with Gasteiger partial charge in [-0.3, -0.25) is 0 Å². The van der Waals surface area contributed by atoms with Crippen LogP contribution in [-0.2, 0) is 6.42 Å². The lowest BCUT2D eigenvalue weighted by Crippen LogP contribution is -1.82. The van der Waals surface area contributed by atoms with Gasteiger partial charge in [0.25, 0.3) is 0 Å². The number of aryl methyl sites for hydroxylation is 1. The molecule has 0 aromatic heterocycles. The molecule has 0 spiro atoms. The van der Waals surface area contributed by atoms with Gasteiger partial charge in [-0.15, -0.1) is 0 Å². The van der Waals surface area contributed by atoms with Crippen molar-refractivity contribution < 1.29 is 0 Å². The van der Waals surface area contributed by atoms with Crippen molar-refractivity contribution in [1.82, 2.24) is 0 Å². The highest BCUT2D eigenvalue weighted by atomic mass is 79.9. The molecule has 17 heavy (non-hydrogen) atoms. The van der Waals surface area contributed by atoms with Crippen LogP contribution in [0.2, 0.25) is 0 Å². The molecule has 0 N–H and O–H groups in total. The maximum Gasteiger partial charge on any atom is 0.0211 e. The molecule has 0 amide bonds. The highest BCUT2D eigenvalue weighted by molar-refractivity contribution is 9.15. The fourth-order valence-corrected chi connectivity index (χ4v) is 2.07. The second-order valence-corrected chi connectivity index (χ2v) is 4.96. The molecule has 1 heteroatoms. The number of rotatable bonds is 3. The Labute approximate surface area is 111 Å². The van der Waals surface area contributed by atoms with Crippen molar-refractivity contribution in [1.29, 1.82) is 0 Å². The lowest BCUT2D eigenvalue weighted by molar-refractivity contribution is 1.26. The van der Waals surface area contributed by atoms with Gasteiger partial charge < -0.3 is 0 Å². The van der Waals surface area contributed by atoms with Gasteiger partial charge in [0, 0.05) is 4.48 Å². The van der Waals surface area contributed by atoms with E-state index in [9.17, 15) is 0 Å². The van der Waals surface area contributed by atoms with Gasteiger partial charge >= 0.3 is 0 Å². The Balaban J connectivity index is 2.08. The van der Waals surface area contributed by atoms with Crippen molar-refractivity contribution in [2.24, 2.45) is 0 Å². The summed E-state index contributed by atoms with van der Waals surface area (Å²) >= 11 is 3.62. The maximum absolute atomic E-state index is 3.62. The van der Waals surface area contributed by atoms with Gasteiger partial charge in [-0.05, 0) is 24.5 Å². The number of benzene rings is 2. The van der Waals surface area contributed by atoms with E-state index in [1.165, 1.54) is 16.7 Å². The third-order valence-electron chi connectivity index (χ3n) is 2.69. The van der Waals surface area contributed by atoms with Crippen LogP contribution in [0.4, 0.5) is 0 Å². The van der Waals surface area contributed by atoms with E-state index in [4.69, 9.17) is 0 Å². The van der Waals surface area contributed by atoms with Crippen LogP contribution in [0, 0.1) is 6.92 Å². The van der Waals surface area contributed by atoms with E-state index < -0.39 is 0 Å². The van der Waals surface area contributed by atoms with Crippen LogP contribution in [-0.4, -0.2) is 0 Å². The summed E-state index contributed by atoms with van der Waals surface area (Å²) in [5, 5.41) is 0. The maximum atomic E-state index is 3.62. The van der Waals surface area contributed by atoms with Crippen LogP contribution < -0.4 is 0 Å². The number of hydrogen-bond acceptors (Lipinski definition) is 0. The lowest BCUT2D eigenvalue weighted by atomic mass is 10.1. The summed E-state index contributed by atoms with van der Waals surface area (Å²) in [4.78, 5) is 0. The van der Waals surface area contributed by atoms with Gasteiger partial charge in [0.05, 0.1) is 0 Å². The zero-order chi connectivity index (χ0) is 12.1. The molecule has 0 aliphatic heterocycles. The van der Waals surface area contributed by atoms with E-state index in [-0.39, 0.29) is 0 Å². The van der Waals surface area contributed by atoms with E-state index in [0.29, 0.717) is 0 Å². The van der Waals surface area contributed by atoms with Crippen molar-refractivity contribution in [3.8, 4) is 0 Å². The largest absolute Gasteiger partial charge is 0.0653 e. The first-order valence-corrected chi connectivity index (χ1v) is 6.51. The average Bonchev–Trinajstić information content (AvgIpc) is 2.39. The second kappa shape index (κ2) is 5.83. The zero-order valence-corrected chi connectivity index (χ0v) is 11.4. The van der Waals surface area contributed by atoms with Crippen LogP contribution in [0.25, 0.3) is 4.48 Å². The SMILES string of the molecule is Cc1ccc(C/C=C(/Br)c2ccccc2)cc1. The molecule has 0 aliphatic carbocycles. The molecule has 0 atom stereocenters. The summed E-state index contributed by atoms with van der Waals surface area (Å²) in [6.07, 6.45) is 3.16.